The van der Waals surface area contributed by atoms with Crippen LogP contribution in [0.4, 0.5) is 0 Å². The molecular formula is C30H28ClN3O4S. The molecule has 0 bridgehead atoms. The van der Waals surface area contributed by atoms with Gasteiger partial charge >= 0.3 is 5.97 Å². The number of aromatic nitrogens is 3. The van der Waals surface area contributed by atoms with E-state index in [2.05, 4.69) is 9.97 Å². The summed E-state index contributed by atoms with van der Waals surface area (Å²) >= 11 is 7.79. The summed E-state index contributed by atoms with van der Waals surface area (Å²) in [5.74, 6) is -1.04. The van der Waals surface area contributed by atoms with Gasteiger partial charge in [-0.05, 0) is 82.0 Å². The SMILES string of the molecule is Cc1cc2nc(-c3ccnc(-c4ccc(=O)[nH]c4)c3)sc2c(C2=CC=C(Cl)CC2)c1[C@H](OC(C)(C)C)C(=O)O. The molecule has 0 saturated heterocycles. The maximum Gasteiger partial charge on any atom is 0.337 e. The lowest BCUT2D eigenvalue weighted by molar-refractivity contribution is -0.160. The second-order valence-corrected chi connectivity index (χ2v) is 12.0. The number of carboxylic acid groups (broad SMARTS) is 1. The van der Waals surface area contributed by atoms with Gasteiger partial charge in [0.05, 0.1) is 21.5 Å². The van der Waals surface area contributed by atoms with E-state index in [4.69, 9.17) is 21.3 Å². The Morgan fingerprint density at radius 3 is 2.59 bits per heavy atom. The lowest BCUT2D eigenvalue weighted by Crippen LogP contribution is -2.28. The number of fused-ring (bicyclic) bond motifs is 1. The zero-order chi connectivity index (χ0) is 27.9. The molecule has 1 aliphatic carbocycles. The van der Waals surface area contributed by atoms with Crippen LogP contribution >= 0.6 is 22.9 Å². The molecule has 9 heteroatoms. The van der Waals surface area contributed by atoms with Crippen molar-refractivity contribution in [1.29, 1.82) is 0 Å². The Labute approximate surface area is 234 Å². The molecule has 0 radical (unpaired) electrons. The molecule has 1 aliphatic rings. The maximum absolute atomic E-state index is 12.6. The van der Waals surface area contributed by atoms with Crippen molar-refractivity contribution in [3.63, 3.8) is 0 Å². The Balaban J connectivity index is 1.72. The van der Waals surface area contributed by atoms with E-state index >= 15 is 0 Å². The molecule has 0 amide bonds. The first-order valence-corrected chi connectivity index (χ1v) is 13.8. The predicted octanol–water partition coefficient (Wildman–Crippen LogP) is 7.26. The van der Waals surface area contributed by atoms with Crippen LogP contribution in [-0.4, -0.2) is 31.6 Å². The Kier molecular flexibility index (Phi) is 7.29. The molecule has 5 rings (SSSR count). The number of aromatic amines is 1. The topological polar surface area (TPSA) is 105 Å². The number of aliphatic carboxylic acids is 1. The van der Waals surface area contributed by atoms with Crippen LogP contribution in [0.1, 0.15) is 56.4 Å². The molecule has 7 nitrogen and oxygen atoms in total. The number of nitrogens with one attached hydrogen (secondary N) is 1. The first-order valence-electron chi connectivity index (χ1n) is 12.6. The number of ether oxygens (including phenoxy) is 1. The molecule has 200 valence electrons. The van der Waals surface area contributed by atoms with Gasteiger partial charge in [0.25, 0.3) is 0 Å². The largest absolute Gasteiger partial charge is 0.479 e. The summed E-state index contributed by atoms with van der Waals surface area (Å²) in [6.07, 6.45) is 7.41. The minimum Gasteiger partial charge on any atom is -0.479 e. The highest BCUT2D eigenvalue weighted by Crippen LogP contribution is 2.44. The van der Waals surface area contributed by atoms with E-state index in [1.165, 1.54) is 17.4 Å². The van der Waals surface area contributed by atoms with E-state index in [1.807, 2.05) is 58.0 Å². The van der Waals surface area contributed by atoms with Gasteiger partial charge < -0.3 is 14.8 Å². The van der Waals surface area contributed by atoms with Gasteiger partial charge in [0.2, 0.25) is 5.56 Å². The summed E-state index contributed by atoms with van der Waals surface area (Å²) in [7, 11) is 0. The van der Waals surface area contributed by atoms with Crippen LogP contribution in [0.25, 0.3) is 37.6 Å². The number of H-pyrrole nitrogens is 1. The summed E-state index contributed by atoms with van der Waals surface area (Å²) in [4.78, 5) is 36.2. The van der Waals surface area contributed by atoms with Gasteiger partial charge in [0, 0.05) is 45.7 Å². The summed E-state index contributed by atoms with van der Waals surface area (Å²) in [6, 6.07) is 8.96. The summed E-state index contributed by atoms with van der Waals surface area (Å²) in [6.45, 7) is 7.47. The molecule has 3 aromatic heterocycles. The van der Waals surface area contributed by atoms with E-state index in [0.29, 0.717) is 24.1 Å². The lowest BCUT2D eigenvalue weighted by atomic mass is 9.88. The quantitative estimate of drug-likeness (QED) is 0.256. The van der Waals surface area contributed by atoms with Gasteiger partial charge in [0.15, 0.2) is 6.10 Å². The highest BCUT2D eigenvalue weighted by molar-refractivity contribution is 7.22. The number of rotatable bonds is 6. The highest BCUT2D eigenvalue weighted by atomic mass is 35.5. The zero-order valence-electron chi connectivity index (χ0n) is 22.0. The van der Waals surface area contributed by atoms with Crippen molar-refractivity contribution in [3.8, 4) is 21.8 Å². The van der Waals surface area contributed by atoms with Gasteiger partial charge in [-0.15, -0.1) is 11.3 Å². The number of thiazole rings is 1. The van der Waals surface area contributed by atoms with Gasteiger partial charge in [0.1, 0.15) is 5.01 Å². The number of nitrogens with zero attached hydrogens (tertiary/aromatic N) is 2. The number of hydrogen-bond acceptors (Lipinski definition) is 6. The van der Waals surface area contributed by atoms with E-state index < -0.39 is 17.7 Å². The smallest absolute Gasteiger partial charge is 0.337 e. The third-order valence-corrected chi connectivity index (χ3v) is 7.84. The summed E-state index contributed by atoms with van der Waals surface area (Å²) in [5, 5.41) is 11.8. The first-order chi connectivity index (χ1) is 18.5. The third kappa shape index (κ3) is 5.73. The van der Waals surface area contributed by atoms with Crippen LogP contribution in [0.5, 0.6) is 0 Å². The van der Waals surface area contributed by atoms with E-state index in [0.717, 1.165) is 48.1 Å². The molecule has 3 heterocycles. The van der Waals surface area contributed by atoms with Crippen LogP contribution in [0.2, 0.25) is 0 Å². The monoisotopic (exact) mass is 561 g/mol. The van der Waals surface area contributed by atoms with Crippen molar-refractivity contribution in [3.05, 3.63) is 87.0 Å². The van der Waals surface area contributed by atoms with Crippen molar-refractivity contribution < 1.29 is 14.6 Å². The summed E-state index contributed by atoms with van der Waals surface area (Å²) in [5.41, 5.74) is 5.61. The number of halogens is 1. The molecule has 0 fully saturated rings. The fourth-order valence-electron chi connectivity index (χ4n) is 4.69. The Hall–Kier alpha value is -3.59. The van der Waals surface area contributed by atoms with Crippen LogP contribution < -0.4 is 5.56 Å². The fraction of sp³-hybridized carbons (Fsp3) is 0.267. The van der Waals surface area contributed by atoms with Crippen molar-refractivity contribution >= 4 is 44.7 Å². The number of carbonyl (C=O) groups is 1. The fourth-order valence-corrected chi connectivity index (χ4v) is 5.98. The number of benzene rings is 1. The average Bonchev–Trinajstić information content (AvgIpc) is 3.31. The van der Waals surface area contributed by atoms with Crippen molar-refractivity contribution in [2.45, 2.75) is 52.2 Å². The van der Waals surface area contributed by atoms with E-state index in [1.54, 1.807) is 18.5 Å². The van der Waals surface area contributed by atoms with Gasteiger partial charge in [-0.1, -0.05) is 17.7 Å². The third-order valence-electron chi connectivity index (χ3n) is 6.39. The molecule has 0 saturated carbocycles. The van der Waals surface area contributed by atoms with E-state index in [-0.39, 0.29) is 5.56 Å². The second kappa shape index (κ2) is 10.5. The number of allylic oxidation sites excluding steroid dienone is 4. The molecule has 1 aromatic carbocycles. The van der Waals surface area contributed by atoms with Crippen LogP contribution in [0.15, 0.2) is 64.7 Å². The number of carboxylic acids is 1. The predicted molar refractivity (Wildman–Crippen MR) is 156 cm³/mol. The maximum atomic E-state index is 12.6. The van der Waals surface area contributed by atoms with Crippen LogP contribution in [0, 0.1) is 6.92 Å². The molecule has 4 aromatic rings. The lowest BCUT2D eigenvalue weighted by Gasteiger charge is -2.28. The standard InChI is InChI=1S/C30H28ClN3O4S/c1-16-13-22-27(39-28(34-22)18-11-12-32-21(14-18)19-7-10-23(35)33-15-19)25(17-5-8-20(31)9-6-17)24(16)26(29(36)37)38-30(2,3)4/h5,7-8,10-15,26H,6,9H2,1-4H3,(H,33,35)(H,36,37)/t26-/m0/s1. The van der Waals surface area contributed by atoms with Crippen molar-refractivity contribution in [2.75, 3.05) is 0 Å². The van der Waals surface area contributed by atoms with Crippen molar-refractivity contribution in [1.82, 2.24) is 15.0 Å². The summed E-state index contributed by atoms with van der Waals surface area (Å²) < 4.78 is 7.01. The normalized spacial score (nSPS) is 14.7. The number of pyridine rings is 2. The van der Waals surface area contributed by atoms with Crippen LogP contribution in [-0.2, 0) is 9.53 Å². The van der Waals surface area contributed by atoms with Crippen LogP contribution in [0.3, 0.4) is 0 Å². The van der Waals surface area contributed by atoms with Gasteiger partial charge in [-0.3, -0.25) is 9.78 Å². The minimum absolute atomic E-state index is 0.178. The number of aryl methyl sites for hydroxylation is 1. The van der Waals surface area contributed by atoms with E-state index in [9.17, 15) is 14.7 Å². The molecule has 0 aliphatic heterocycles. The molecule has 1 atom stereocenters. The molecular weight excluding hydrogens is 534 g/mol. The minimum atomic E-state index is -1.15. The van der Waals surface area contributed by atoms with Gasteiger partial charge in [-0.25, -0.2) is 9.78 Å². The Bertz CT molecular complexity index is 1690. The molecule has 39 heavy (non-hydrogen) atoms. The Morgan fingerprint density at radius 1 is 1.15 bits per heavy atom. The molecule has 0 unspecified atom stereocenters. The first kappa shape index (κ1) is 27.0. The molecule has 0 spiro atoms. The molecule has 2 N–H and O–H groups in total. The highest BCUT2D eigenvalue weighted by Gasteiger charge is 2.33. The zero-order valence-corrected chi connectivity index (χ0v) is 23.6. The average molecular weight is 562 g/mol. The van der Waals surface area contributed by atoms with Gasteiger partial charge in [-0.2, -0.15) is 0 Å². The second-order valence-electron chi connectivity index (χ2n) is 10.5. The van der Waals surface area contributed by atoms with Crippen molar-refractivity contribution in [2.24, 2.45) is 0 Å². The Morgan fingerprint density at radius 2 is 1.95 bits per heavy atom. The number of hydrogen-bond donors (Lipinski definition) is 2.